The van der Waals surface area contributed by atoms with Crippen molar-refractivity contribution >= 4 is 5.91 Å². The van der Waals surface area contributed by atoms with Gasteiger partial charge in [-0.05, 0) is 37.3 Å². The van der Waals surface area contributed by atoms with E-state index < -0.39 is 0 Å². The first-order valence-corrected chi connectivity index (χ1v) is 8.27. The molecule has 0 unspecified atom stereocenters. The van der Waals surface area contributed by atoms with Crippen molar-refractivity contribution in [1.29, 1.82) is 0 Å². The number of ether oxygens (including phenoxy) is 2. The minimum Gasteiger partial charge on any atom is -0.385 e. The van der Waals surface area contributed by atoms with Crippen LogP contribution in [0.5, 0.6) is 0 Å². The van der Waals surface area contributed by atoms with Crippen LogP contribution in [0.1, 0.15) is 25.0 Å². The fourth-order valence-electron chi connectivity index (χ4n) is 3.52. The molecule has 0 N–H and O–H groups in total. The third kappa shape index (κ3) is 3.52. The molecule has 1 aromatic heterocycles. The van der Waals surface area contributed by atoms with E-state index in [4.69, 9.17) is 9.47 Å². The molecule has 3 rings (SSSR count). The van der Waals surface area contributed by atoms with Gasteiger partial charge in [0, 0.05) is 57.8 Å². The molecule has 0 aromatic carbocycles. The van der Waals surface area contributed by atoms with Gasteiger partial charge in [0.25, 0.3) is 0 Å². The number of hydrogen-bond acceptors (Lipinski definition) is 3. The molecule has 5 nitrogen and oxygen atoms in total. The zero-order valence-electron chi connectivity index (χ0n) is 13.4. The molecule has 1 atom stereocenters. The summed E-state index contributed by atoms with van der Waals surface area (Å²) in [5, 5.41) is 0. The number of fused-ring (bicyclic) bond motifs is 1. The highest BCUT2D eigenvalue weighted by Crippen LogP contribution is 2.24. The second-order valence-corrected chi connectivity index (χ2v) is 6.40. The van der Waals surface area contributed by atoms with Crippen LogP contribution in [-0.2, 0) is 27.4 Å². The number of hydrogen-bond donors (Lipinski definition) is 0. The smallest absolute Gasteiger partial charge is 0.226 e. The predicted octanol–water partition coefficient (Wildman–Crippen LogP) is 1.91. The summed E-state index contributed by atoms with van der Waals surface area (Å²) in [6.07, 6.45) is 4.83. The molecule has 5 heteroatoms. The molecule has 0 saturated carbocycles. The molecule has 1 fully saturated rings. The first-order valence-electron chi connectivity index (χ1n) is 8.27. The van der Waals surface area contributed by atoms with E-state index in [1.165, 1.54) is 5.69 Å². The fraction of sp³-hybridized carbons (Fsp3) is 0.706. The van der Waals surface area contributed by atoms with Crippen LogP contribution in [0.2, 0.25) is 0 Å². The molecule has 0 radical (unpaired) electrons. The van der Waals surface area contributed by atoms with Crippen LogP contribution >= 0.6 is 0 Å². The Bertz CT molecular complexity index is 494. The third-order valence-corrected chi connectivity index (χ3v) is 4.82. The standard InChI is InChI=1S/C17H26N2O3/c1-21-8-4-14-11-18-7-2-3-16(18)13-19(12-14)17(20)15-5-9-22-10-6-15/h2-3,7,14-15H,4-6,8-13H2,1H3/t14-/m0/s1. The summed E-state index contributed by atoms with van der Waals surface area (Å²) in [5.74, 6) is 0.899. The van der Waals surface area contributed by atoms with E-state index in [-0.39, 0.29) is 5.92 Å². The molecule has 0 aliphatic carbocycles. The molecule has 2 aliphatic rings. The third-order valence-electron chi connectivity index (χ3n) is 4.82. The molecule has 1 amide bonds. The number of aromatic nitrogens is 1. The zero-order chi connectivity index (χ0) is 15.4. The van der Waals surface area contributed by atoms with Crippen molar-refractivity contribution in [3.63, 3.8) is 0 Å². The second-order valence-electron chi connectivity index (χ2n) is 6.40. The summed E-state index contributed by atoms with van der Waals surface area (Å²) in [6.45, 7) is 4.72. The average Bonchev–Trinajstić information content (AvgIpc) is 2.91. The predicted molar refractivity (Wildman–Crippen MR) is 83.4 cm³/mol. The van der Waals surface area contributed by atoms with Crippen molar-refractivity contribution in [2.75, 3.05) is 33.5 Å². The SMILES string of the molecule is COCC[C@@H]1CN(C(=O)C2CCOCC2)Cc2cccn2C1. The van der Waals surface area contributed by atoms with Crippen LogP contribution < -0.4 is 0 Å². The maximum atomic E-state index is 12.9. The van der Waals surface area contributed by atoms with Crippen LogP contribution in [0.25, 0.3) is 0 Å². The lowest BCUT2D eigenvalue weighted by molar-refractivity contribution is -0.139. The summed E-state index contributed by atoms with van der Waals surface area (Å²) in [7, 11) is 1.74. The van der Waals surface area contributed by atoms with E-state index in [1.807, 2.05) is 0 Å². The maximum Gasteiger partial charge on any atom is 0.226 e. The first-order chi connectivity index (χ1) is 10.8. The van der Waals surface area contributed by atoms with Gasteiger partial charge in [0.15, 0.2) is 0 Å². The quantitative estimate of drug-likeness (QED) is 0.853. The van der Waals surface area contributed by atoms with Crippen molar-refractivity contribution in [1.82, 2.24) is 9.47 Å². The topological polar surface area (TPSA) is 43.7 Å². The van der Waals surface area contributed by atoms with Crippen molar-refractivity contribution < 1.29 is 14.3 Å². The van der Waals surface area contributed by atoms with Crippen molar-refractivity contribution in [3.8, 4) is 0 Å². The van der Waals surface area contributed by atoms with Gasteiger partial charge in [0.1, 0.15) is 0 Å². The van der Waals surface area contributed by atoms with E-state index in [0.29, 0.717) is 25.0 Å². The van der Waals surface area contributed by atoms with Gasteiger partial charge in [-0.15, -0.1) is 0 Å². The summed E-state index contributed by atoms with van der Waals surface area (Å²) < 4.78 is 12.9. The van der Waals surface area contributed by atoms with E-state index in [0.717, 1.165) is 45.5 Å². The Kier molecular flexibility index (Phi) is 5.16. The molecule has 22 heavy (non-hydrogen) atoms. The number of nitrogens with zero attached hydrogens (tertiary/aromatic N) is 2. The van der Waals surface area contributed by atoms with Gasteiger partial charge >= 0.3 is 0 Å². The van der Waals surface area contributed by atoms with Gasteiger partial charge in [0.05, 0.1) is 6.54 Å². The minimum absolute atomic E-state index is 0.137. The summed E-state index contributed by atoms with van der Waals surface area (Å²) in [4.78, 5) is 15.0. The molecule has 122 valence electrons. The van der Waals surface area contributed by atoms with Crippen molar-refractivity contribution in [2.45, 2.75) is 32.4 Å². The normalized spacial score (nSPS) is 23.1. The van der Waals surface area contributed by atoms with Crippen LogP contribution in [0.15, 0.2) is 18.3 Å². The molecule has 1 saturated heterocycles. The van der Waals surface area contributed by atoms with Crippen molar-refractivity contribution in [3.05, 3.63) is 24.0 Å². The highest BCUT2D eigenvalue weighted by atomic mass is 16.5. The van der Waals surface area contributed by atoms with Crippen LogP contribution in [-0.4, -0.2) is 48.8 Å². The molecule has 3 heterocycles. The Morgan fingerprint density at radius 1 is 1.36 bits per heavy atom. The second kappa shape index (κ2) is 7.29. The number of amides is 1. The summed E-state index contributed by atoms with van der Waals surface area (Å²) in [6, 6.07) is 4.20. The van der Waals surface area contributed by atoms with Gasteiger partial charge in [-0.2, -0.15) is 0 Å². The van der Waals surface area contributed by atoms with E-state index in [9.17, 15) is 4.79 Å². The summed E-state index contributed by atoms with van der Waals surface area (Å²) in [5.41, 5.74) is 1.24. The lowest BCUT2D eigenvalue weighted by atomic mass is 9.97. The molecule has 0 spiro atoms. The molecular formula is C17H26N2O3. The Morgan fingerprint density at radius 3 is 2.95 bits per heavy atom. The first kappa shape index (κ1) is 15.6. The monoisotopic (exact) mass is 306 g/mol. The van der Waals surface area contributed by atoms with Crippen LogP contribution in [0.4, 0.5) is 0 Å². The number of carbonyl (C=O) groups excluding carboxylic acids is 1. The Morgan fingerprint density at radius 2 is 2.18 bits per heavy atom. The molecule has 2 aliphatic heterocycles. The zero-order valence-corrected chi connectivity index (χ0v) is 13.4. The summed E-state index contributed by atoms with van der Waals surface area (Å²) >= 11 is 0. The Balaban J connectivity index is 1.72. The largest absolute Gasteiger partial charge is 0.385 e. The van der Waals surface area contributed by atoms with Gasteiger partial charge in [0.2, 0.25) is 5.91 Å². The van der Waals surface area contributed by atoms with E-state index >= 15 is 0 Å². The van der Waals surface area contributed by atoms with Gasteiger partial charge < -0.3 is 18.9 Å². The van der Waals surface area contributed by atoms with Crippen LogP contribution in [0.3, 0.4) is 0 Å². The number of rotatable bonds is 4. The maximum absolute atomic E-state index is 12.9. The molecule has 0 bridgehead atoms. The Hall–Kier alpha value is -1.33. The van der Waals surface area contributed by atoms with Gasteiger partial charge in [-0.1, -0.05) is 0 Å². The minimum atomic E-state index is 0.137. The highest BCUT2D eigenvalue weighted by molar-refractivity contribution is 5.79. The van der Waals surface area contributed by atoms with Crippen molar-refractivity contribution in [2.24, 2.45) is 11.8 Å². The average molecular weight is 306 g/mol. The number of methoxy groups -OCH3 is 1. The Labute approximate surface area is 132 Å². The molecule has 1 aromatic rings. The van der Waals surface area contributed by atoms with E-state index in [1.54, 1.807) is 7.11 Å². The lowest BCUT2D eigenvalue weighted by Crippen LogP contribution is -2.40. The van der Waals surface area contributed by atoms with Gasteiger partial charge in [-0.25, -0.2) is 0 Å². The van der Waals surface area contributed by atoms with E-state index in [2.05, 4.69) is 27.8 Å². The lowest BCUT2D eigenvalue weighted by Gasteiger charge is -2.30. The van der Waals surface area contributed by atoms with Gasteiger partial charge in [-0.3, -0.25) is 4.79 Å². The fourth-order valence-corrected chi connectivity index (χ4v) is 3.52. The highest BCUT2D eigenvalue weighted by Gasteiger charge is 2.30. The molecular weight excluding hydrogens is 280 g/mol. The van der Waals surface area contributed by atoms with Crippen LogP contribution in [0, 0.1) is 11.8 Å². The number of carbonyl (C=O) groups is 1.